The maximum absolute atomic E-state index is 14.2. The highest BCUT2D eigenvalue weighted by molar-refractivity contribution is 6.20. The predicted octanol–water partition coefficient (Wildman–Crippen LogP) is 2.82. The largest absolute Gasteiger partial charge is 0.504 e. The maximum atomic E-state index is 14.2. The fraction of sp³-hybridized carbons (Fsp3) is 0.577. The lowest BCUT2D eigenvalue weighted by atomic mass is 9.33. The number of ketones is 3. The van der Waals surface area contributed by atoms with E-state index in [0.717, 1.165) is 7.11 Å². The minimum Gasteiger partial charge on any atom is -0.504 e. The van der Waals surface area contributed by atoms with E-state index in [2.05, 4.69) is 6.58 Å². The van der Waals surface area contributed by atoms with Gasteiger partial charge in [-0.05, 0) is 51.7 Å². The highest BCUT2D eigenvalue weighted by atomic mass is 16.6. The standard InChI is InChI=1S/C26H30O8/c1-12-11-14-23(5)10-9-15(27)22(3,4)17(23)16(28)19(30)25(14,7)26(21(32)33-8)18(29)13(2)34-20(31)24(12,26)6/h9-10,13-14,28H,1,11H2,2-8H3/t13-,14+,23+,24+,25-,26+/m0/s1. The van der Waals surface area contributed by atoms with Gasteiger partial charge in [-0.1, -0.05) is 32.1 Å². The number of rotatable bonds is 1. The Bertz CT molecular complexity index is 1170. The van der Waals surface area contributed by atoms with Crippen LogP contribution in [-0.4, -0.2) is 47.6 Å². The van der Waals surface area contributed by atoms with Crippen LogP contribution in [-0.2, 0) is 33.4 Å². The minimum atomic E-state index is -2.33. The van der Waals surface area contributed by atoms with Gasteiger partial charge in [-0.3, -0.25) is 24.0 Å². The molecule has 1 saturated carbocycles. The van der Waals surface area contributed by atoms with E-state index in [-0.39, 0.29) is 23.4 Å². The summed E-state index contributed by atoms with van der Waals surface area (Å²) >= 11 is 0. The molecule has 0 aromatic rings. The van der Waals surface area contributed by atoms with Gasteiger partial charge in [-0.25, -0.2) is 0 Å². The van der Waals surface area contributed by atoms with Crippen LogP contribution in [0.3, 0.4) is 0 Å². The number of Topliss-reactive ketones (excluding diaryl/α,β-unsaturated/α-hetero) is 2. The molecule has 8 nitrogen and oxygen atoms in total. The average Bonchev–Trinajstić information content (AvgIpc) is 2.76. The number of cyclic esters (lactones) is 1. The van der Waals surface area contributed by atoms with Crippen molar-refractivity contribution in [3.05, 3.63) is 35.6 Å². The van der Waals surface area contributed by atoms with Crippen LogP contribution in [0.25, 0.3) is 0 Å². The SMILES string of the molecule is C=C1C[C@@H]2[C@@]3(C)C=CC(=O)C(C)(C)C3=C(O)C(=O)[C@@]2(C)[C@@]2(C(=O)OC)C(=O)[C@H](C)OC(=O)[C@@]12C. The number of carbonyl (C=O) groups excluding carboxylic acids is 5. The Balaban J connectivity index is 2.20. The topological polar surface area (TPSA) is 124 Å². The number of ether oxygens (including phenoxy) is 2. The van der Waals surface area contributed by atoms with E-state index in [9.17, 15) is 29.1 Å². The van der Waals surface area contributed by atoms with Crippen molar-refractivity contribution in [2.45, 2.75) is 54.1 Å². The molecule has 182 valence electrons. The van der Waals surface area contributed by atoms with E-state index in [0.29, 0.717) is 0 Å². The molecule has 3 aliphatic carbocycles. The summed E-state index contributed by atoms with van der Waals surface area (Å²) < 4.78 is 10.4. The number of methoxy groups -OCH3 is 1. The van der Waals surface area contributed by atoms with Crippen LogP contribution in [0.2, 0.25) is 0 Å². The van der Waals surface area contributed by atoms with E-state index in [1.54, 1.807) is 26.8 Å². The predicted molar refractivity (Wildman–Crippen MR) is 119 cm³/mol. The Hall–Kier alpha value is -3.03. The molecule has 0 aromatic heterocycles. The van der Waals surface area contributed by atoms with Gasteiger partial charge in [0.2, 0.25) is 5.78 Å². The Morgan fingerprint density at radius 1 is 1.15 bits per heavy atom. The van der Waals surface area contributed by atoms with Crippen LogP contribution in [0.4, 0.5) is 0 Å². The van der Waals surface area contributed by atoms with Gasteiger partial charge in [0.1, 0.15) is 5.41 Å². The number of esters is 2. The highest BCUT2D eigenvalue weighted by Crippen LogP contribution is 2.74. The second kappa shape index (κ2) is 6.55. The minimum absolute atomic E-state index is 0.0795. The van der Waals surface area contributed by atoms with Crippen LogP contribution in [0.5, 0.6) is 0 Å². The molecule has 1 N–H and O–H groups in total. The molecule has 34 heavy (non-hydrogen) atoms. The lowest BCUT2D eigenvalue weighted by molar-refractivity contribution is -0.222. The molecule has 0 aromatic carbocycles. The van der Waals surface area contributed by atoms with Crippen LogP contribution in [0.1, 0.15) is 48.0 Å². The van der Waals surface area contributed by atoms with Crippen molar-refractivity contribution in [2.24, 2.45) is 33.0 Å². The van der Waals surface area contributed by atoms with Gasteiger partial charge in [0.15, 0.2) is 28.8 Å². The van der Waals surface area contributed by atoms with E-state index in [4.69, 9.17) is 9.47 Å². The van der Waals surface area contributed by atoms with Crippen LogP contribution >= 0.6 is 0 Å². The van der Waals surface area contributed by atoms with Crippen LogP contribution in [0, 0.1) is 33.0 Å². The lowest BCUT2D eigenvalue weighted by Crippen LogP contribution is -2.77. The van der Waals surface area contributed by atoms with Gasteiger partial charge in [0.25, 0.3) is 0 Å². The van der Waals surface area contributed by atoms with Crippen molar-refractivity contribution in [3.63, 3.8) is 0 Å². The molecule has 0 spiro atoms. The van der Waals surface area contributed by atoms with E-state index >= 15 is 0 Å². The van der Waals surface area contributed by atoms with E-state index in [1.807, 2.05) is 0 Å². The van der Waals surface area contributed by atoms with Crippen molar-refractivity contribution < 1.29 is 38.6 Å². The number of fused-ring (bicyclic) bond motifs is 5. The summed E-state index contributed by atoms with van der Waals surface area (Å²) in [4.78, 5) is 68.0. The third kappa shape index (κ3) is 2.14. The zero-order chi connectivity index (χ0) is 25.8. The lowest BCUT2D eigenvalue weighted by Gasteiger charge is -2.66. The highest BCUT2D eigenvalue weighted by Gasteiger charge is 2.84. The molecular weight excluding hydrogens is 440 g/mol. The first-order valence-electron chi connectivity index (χ1n) is 11.3. The van der Waals surface area contributed by atoms with Crippen LogP contribution in [0.15, 0.2) is 35.6 Å². The molecule has 1 saturated heterocycles. The summed E-state index contributed by atoms with van der Waals surface area (Å²) in [6, 6.07) is 0. The van der Waals surface area contributed by atoms with Crippen LogP contribution < -0.4 is 0 Å². The van der Waals surface area contributed by atoms with Crippen molar-refractivity contribution >= 4 is 29.3 Å². The third-order valence-corrected chi connectivity index (χ3v) is 9.31. The Labute approximate surface area is 198 Å². The number of carbonyl (C=O) groups is 5. The van der Waals surface area contributed by atoms with E-state index in [1.165, 1.54) is 26.8 Å². The molecule has 0 amide bonds. The van der Waals surface area contributed by atoms with E-state index < -0.39 is 68.4 Å². The number of hydrogen-bond acceptors (Lipinski definition) is 8. The summed E-state index contributed by atoms with van der Waals surface area (Å²) in [5, 5.41) is 11.4. The Morgan fingerprint density at radius 3 is 2.29 bits per heavy atom. The van der Waals surface area contributed by atoms with Gasteiger partial charge >= 0.3 is 11.9 Å². The monoisotopic (exact) mass is 470 g/mol. The van der Waals surface area contributed by atoms with Gasteiger partial charge in [0, 0.05) is 5.41 Å². The molecule has 1 heterocycles. The van der Waals surface area contributed by atoms with Crippen molar-refractivity contribution in [3.8, 4) is 0 Å². The Morgan fingerprint density at radius 2 is 1.74 bits per heavy atom. The van der Waals surface area contributed by atoms with Gasteiger partial charge in [-0.2, -0.15) is 0 Å². The summed E-state index contributed by atoms with van der Waals surface area (Å²) in [6.45, 7) is 13.3. The zero-order valence-corrected chi connectivity index (χ0v) is 20.5. The number of hydrogen-bond donors (Lipinski definition) is 1. The van der Waals surface area contributed by atoms with Gasteiger partial charge in [-0.15, -0.1) is 0 Å². The fourth-order valence-corrected chi connectivity index (χ4v) is 7.49. The van der Waals surface area contributed by atoms with Crippen molar-refractivity contribution in [1.29, 1.82) is 0 Å². The maximum Gasteiger partial charge on any atom is 0.322 e. The molecular formula is C26H30O8. The first kappa shape index (κ1) is 24.1. The second-order valence-corrected chi connectivity index (χ2v) is 11.0. The molecule has 1 aliphatic heterocycles. The fourth-order valence-electron chi connectivity index (χ4n) is 7.49. The molecule has 0 radical (unpaired) electrons. The van der Waals surface area contributed by atoms with Gasteiger partial charge in [0.05, 0.1) is 17.9 Å². The first-order chi connectivity index (χ1) is 15.5. The molecule has 4 aliphatic rings. The quantitative estimate of drug-likeness (QED) is 0.352. The summed E-state index contributed by atoms with van der Waals surface area (Å²) in [5.41, 5.74) is -7.94. The molecule has 0 unspecified atom stereocenters. The number of aliphatic hydroxyl groups is 1. The summed E-state index contributed by atoms with van der Waals surface area (Å²) in [6.07, 6.45) is 1.79. The third-order valence-electron chi connectivity index (χ3n) is 9.31. The number of aliphatic hydroxyl groups excluding tert-OH is 1. The average molecular weight is 471 g/mol. The Kier molecular flexibility index (Phi) is 4.64. The second-order valence-electron chi connectivity index (χ2n) is 11.0. The van der Waals surface area contributed by atoms with Crippen molar-refractivity contribution in [2.75, 3.05) is 7.11 Å². The first-order valence-corrected chi connectivity index (χ1v) is 11.3. The number of allylic oxidation sites excluding steroid dienone is 4. The smallest absolute Gasteiger partial charge is 0.322 e. The normalized spacial score (nSPS) is 43.1. The van der Waals surface area contributed by atoms with Gasteiger partial charge < -0.3 is 14.6 Å². The molecule has 4 rings (SSSR count). The molecule has 6 atom stereocenters. The molecule has 0 bridgehead atoms. The molecule has 8 heteroatoms. The summed E-state index contributed by atoms with van der Waals surface area (Å²) in [7, 11) is 1.09. The summed E-state index contributed by atoms with van der Waals surface area (Å²) in [5.74, 6) is -5.29. The molecule has 2 fully saturated rings. The zero-order valence-electron chi connectivity index (χ0n) is 20.5. The van der Waals surface area contributed by atoms with Crippen molar-refractivity contribution in [1.82, 2.24) is 0 Å².